The molecular formula is C15H19N3O2S. The van der Waals surface area contributed by atoms with E-state index < -0.39 is 0 Å². The highest BCUT2D eigenvalue weighted by Crippen LogP contribution is 2.23. The van der Waals surface area contributed by atoms with Crippen molar-refractivity contribution in [3.8, 4) is 5.88 Å². The van der Waals surface area contributed by atoms with Crippen molar-refractivity contribution >= 4 is 17.4 Å². The van der Waals surface area contributed by atoms with Crippen LogP contribution < -0.4 is 10.1 Å². The van der Waals surface area contributed by atoms with E-state index in [0.29, 0.717) is 12.4 Å². The highest BCUT2D eigenvalue weighted by atomic mass is 32.1. The van der Waals surface area contributed by atoms with Crippen LogP contribution in [-0.4, -0.2) is 30.1 Å². The number of rotatable bonds is 5. The normalized spacial score (nSPS) is 11.8. The molecule has 0 aliphatic rings. The number of urea groups is 1. The Morgan fingerprint density at radius 3 is 2.95 bits per heavy atom. The number of amides is 2. The SMILES string of the molecule is COc1ncccc1CNC(=O)N(C)[C@H](C)c1cccs1. The maximum atomic E-state index is 12.2. The fraction of sp³-hybridized carbons (Fsp3) is 0.333. The van der Waals surface area contributed by atoms with Gasteiger partial charge in [-0.2, -0.15) is 0 Å². The molecule has 0 unspecified atom stereocenters. The number of pyridine rings is 1. The van der Waals surface area contributed by atoms with Crippen LogP contribution in [-0.2, 0) is 6.54 Å². The zero-order valence-electron chi connectivity index (χ0n) is 12.4. The maximum absolute atomic E-state index is 12.2. The molecule has 2 heterocycles. The maximum Gasteiger partial charge on any atom is 0.317 e. The Labute approximate surface area is 128 Å². The van der Waals surface area contributed by atoms with Crippen LogP contribution in [0.3, 0.4) is 0 Å². The van der Waals surface area contributed by atoms with Gasteiger partial charge in [-0.3, -0.25) is 0 Å². The summed E-state index contributed by atoms with van der Waals surface area (Å²) in [4.78, 5) is 19.2. The van der Waals surface area contributed by atoms with Gasteiger partial charge >= 0.3 is 6.03 Å². The number of carbonyl (C=O) groups excluding carboxylic acids is 1. The Kier molecular flexibility index (Phi) is 5.16. The second kappa shape index (κ2) is 7.08. The van der Waals surface area contributed by atoms with Crippen LogP contribution in [0.1, 0.15) is 23.4 Å². The summed E-state index contributed by atoms with van der Waals surface area (Å²) in [6, 6.07) is 7.64. The number of hydrogen-bond donors (Lipinski definition) is 1. The largest absolute Gasteiger partial charge is 0.481 e. The minimum absolute atomic E-state index is 0.0424. The first-order chi connectivity index (χ1) is 10.1. The lowest BCUT2D eigenvalue weighted by molar-refractivity contribution is 0.194. The zero-order chi connectivity index (χ0) is 15.2. The fourth-order valence-corrected chi connectivity index (χ4v) is 2.76. The number of thiophene rings is 1. The van der Waals surface area contributed by atoms with E-state index in [0.717, 1.165) is 10.4 Å². The summed E-state index contributed by atoms with van der Waals surface area (Å²) in [6.45, 7) is 2.40. The first-order valence-electron chi connectivity index (χ1n) is 6.65. The van der Waals surface area contributed by atoms with E-state index in [-0.39, 0.29) is 12.1 Å². The molecule has 112 valence electrons. The molecule has 0 aliphatic heterocycles. The first kappa shape index (κ1) is 15.3. The Balaban J connectivity index is 1.95. The molecule has 1 atom stereocenters. The van der Waals surface area contributed by atoms with Gasteiger partial charge in [-0.25, -0.2) is 9.78 Å². The Morgan fingerprint density at radius 1 is 1.48 bits per heavy atom. The number of carbonyl (C=O) groups is 1. The summed E-state index contributed by atoms with van der Waals surface area (Å²) in [6.07, 6.45) is 1.66. The van der Waals surface area contributed by atoms with Crippen LogP contribution in [0.15, 0.2) is 35.8 Å². The molecule has 1 N–H and O–H groups in total. The molecule has 0 bridgehead atoms. The molecular weight excluding hydrogens is 286 g/mol. The lowest BCUT2D eigenvalue weighted by atomic mass is 10.2. The van der Waals surface area contributed by atoms with Gasteiger partial charge in [-0.1, -0.05) is 12.1 Å². The molecule has 2 amide bonds. The van der Waals surface area contributed by atoms with Gasteiger partial charge in [-0.05, 0) is 24.4 Å². The third-order valence-corrected chi connectivity index (χ3v) is 4.37. The Hall–Kier alpha value is -2.08. The van der Waals surface area contributed by atoms with Crippen LogP contribution in [0.2, 0.25) is 0 Å². The zero-order valence-corrected chi connectivity index (χ0v) is 13.2. The predicted octanol–water partition coefficient (Wildman–Crippen LogP) is 3.05. The van der Waals surface area contributed by atoms with Crippen molar-refractivity contribution in [3.05, 3.63) is 46.3 Å². The molecule has 21 heavy (non-hydrogen) atoms. The highest BCUT2D eigenvalue weighted by molar-refractivity contribution is 7.10. The first-order valence-corrected chi connectivity index (χ1v) is 7.53. The van der Waals surface area contributed by atoms with Gasteiger partial charge in [0.25, 0.3) is 0 Å². The van der Waals surface area contributed by atoms with Crippen LogP contribution in [0.25, 0.3) is 0 Å². The number of aromatic nitrogens is 1. The second-order valence-electron chi connectivity index (χ2n) is 4.63. The molecule has 2 aromatic heterocycles. The molecule has 0 aliphatic carbocycles. The summed E-state index contributed by atoms with van der Waals surface area (Å²) >= 11 is 1.65. The molecule has 2 rings (SSSR count). The van der Waals surface area contributed by atoms with Crippen molar-refractivity contribution in [1.82, 2.24) is 15.2 Å². The van der Waals surface area contributed by atoms with Crippen molar-refractivity contribution < 1.29 is 9.53 Å². The van der Waals surface area contributed by atoms with Gasteiger partial charge in [-0.15, -0.1) is 11.3 Å². The van der Waals surface area contributed by atoms with Crippen molar-refractivity contribution in [3.63, 3.8) is 0 Å². The summed E-state index contributed by atoms with van der Waals surface area (Å²) in [5.74, 6) is 0.534. The van der Waals surface area contributed by atoms with Crippen molar-refractivity contribution in [2.24, 2.45) is 0 Å². The van der Waals surface area contributed by atoms with Crippen LogP contribution >= 0.6 is 11.3 Å². The lowest BCUT2D eigenvalue weighted by Crippen LogP contribution is -2.38. The van der Waals surface area contributed by atoms with E-state index in [9.17, 15) is 4.79 Å². The van der Waals surface area contributed by atoms with E-state index in [4.69, 9.17) is 4.74 Å². The molecule has 0 saturated heterocycles. The van der Waals surface area contributed by atoms with Gasteiger partial charge in [0, 0.05) is 30.2 Å². The van der Waals surface area contributed by atoms with E-state index >= 15 is 0 Å². The molecule has 0 saturated carbocycles. The lowest BCUT2D eigenvalue weighted by Gasteiger charge is -2.24. The van der Waals surface area contributed by atoms with E-state index in [1.54, 1.807) is 36.6 Å². The van der Waals surface area contributed by atoms with Gasteiger partial charge in [0.2, 0.25) is 5.88 Å². The molecule has 5 nitrogen and oxygen atoms in total. The van der Waals surface area contributed by atoms with E-state index in [1.807, 2.05) is 36.6 Å². The van der Waals surface area contributed by atoms with Gasteiger partial charge < -0.3 is 15.0 Å². The number of nitrogens with one attached hydrogen (secondary N) is 1. The molecule has 6 heteroatoms. The minimum Gasteiger partial charge on any atom is -0.481 e. The van der Waals surface area contributed by atoms with Crippen molar-refractivity contribution in [2.45, 2.75) is 19.5 Å². The molecule has 2 aromatic rings. The van der Waals surface area contributed by atoms with Gasteiger partial charge in [0.1, 0.15) is 0 Å². The summed E-state index contributed by atoms with van der Waals surface area (Å²) in [5.41, 5.74) is 0.852. The topological polar surface area (TPSA) is 54.5 Å². The summed E-state index contributed by atoms with van der Waals surface area (Å²) < 4.78 is 5.17. The minimum atomic E-state index is -0.123. The molecule has 0 radical (unpaired) electrons. The van der Waals surface area contributed by atoms with Crippen molar-refractivity contribution in [1.29, 1.82) is 0 Å². The third-order valence-electron chi connectivity index (χ3n) is 3.33. The highest BCUT2D eigenvalue weighted by Gasteiger charge is 2.18. The predicted molar refractivity (Wildman–Crippen MR) is 83.5 cm³/mol. The molecule has 0 fully saturated rings. The third kappa shape index (κ3) is 3.72. The number of ether oxygens (including phenoxy) is 1. The van der Waals surface area contributed by atoms with Gasteiger partial charge in [0.05, 0.1) is 13.2 Å². The van der Waals surface area contributed by atoms with Gasteiger partial charge in [0.15, 0.2) is 0 Å². The molecule has 0 spiro atoms. The van der Waals surface area contributed by atoms with E-state index in [1.165, 1.54) is 0 Å². The average molecular weight is 305 g/mol. The quantitative estimate of drug-likeness (QED) is 0.923. The number of methoxy groups -OCH3 is 1. The van der Waals surface area contributed by atoms with Crippen LogP contribution in [0.4, 0.5) is 4.79 Å². The monoisotopic (exact) mass is 305 g/mol. The van der Waals surface area contributed by atoms with E-state index in [2.05, 4.69) is 10.3 Å². The average Bonchev–Trinajstić information content (AvgIpc) is 3.05. The smallest absolute Gasteiger partial charge is 0.317 e. The van der Waals surface area contributed by atoms with Crippen molar-refractivity contribution in [2.75, 3.05) is 14.2 Å². The second-order valence-corrected chi connectivity index (χ2v) is 5.61. The summed E-state index contributed by atoms with van der Waals surface area (Å²) in [5, 5.41) is 4.90. The summed E-state index contributed by atoms with van der Waals surface area (Å²) in [7, 11) is 3.36. The number of nitrogens with zero attached hydrogens (tertiary/aromatic N) is 2. The van der Waals surface area contributed by atoms with Crippen LogP contribution in [0, 0.1) is 0 Å². The van der Waals surface area contributed by atoms with Crippen LogP contribution in [0.5, 0.6) is 5.88 Å². The number of hydrogen-bond acceptors (Lipinski definition) is 4. The molecule has 0 aromatic carbocycles. The fourth-order valence-electron chi connectivity index (χ4n) is 1.93. The Bertz CT molecular complexity index is 586. The Morgan fingerprint density at radius 2 is 2.29 bits per heavy atom. The standard InChI is InChI=1S/C15H19N3O2S/c1-11(13-7-5-9-21-13)18(2)15(19)17-10-12-6-4-8-16-14(12)20-3/h4-9,11H,10H2,1-3H3,(H,17,19)/t11-/m1/s1.